The van der Waals surface area contributed by atoms with E-state index in [0.29, 0.717) is 85.6 Å². The molecule has 6 N–H and O–H groups in total. The van der Waals surface area contributed by atoms with Crippen molar-refractivity contribution in [1.29, 1.82) is 0 Å². The summed E-state index contributed by atoms with van der Waals surface area (Å²) in [6, 6.07) is 8.83. The van der Waals surface area contributed by atoms with Crippen LogP contribution >= 0.6 is 0 Å². The number of ether oxygens (including phenoxy) is 1. The number of piperazine rings is 1. The smallest absolute Gasteiger partial charge is 0.326 e. The summed E-state index contributed by atoms with van der Waals surface area (Å²) in [6.07, 6.45) is 5.77. The average Bonchev–Trinajstić information content (AvgIpc) is 3.91. The van der Waals surface area contributed by atoms with Crippen molar-refractivity contribution in [3.63, 3.8) is 0 Å². The lowest BCUT2D eigenvalue weighted by molar-refractivity contribution is -0.150. The molecule has 21 heteroatoms. The number of methoxy groups -OCH3 is 1. The quantitative estimate of drug-likeness (QED) is 0.0784. The van der Waals surface area contributed by atoms with E-state index in [1.54, 1.807) is 64.3 Å². The van der Waals surface area contributed by atoms with E-state index in [0.717, 1.165) is 23.4 Å². The Morgan fingerprint density at radius 3 is 2.28 bits per heavy atom. The van der Waals surface area contributed by atoms with Crippen LogP contribution in [-0.4, -0.2) is 145 Å². The molecule has 21 nitrogen and oxygen atoms in total. The second-order valence-corrected chi connectivity index (χ2v) is 17.2. The number of carbonyl (C=O) groups is 5. The SMILES string of the molecule is CNC(=O)c1nnc(Nc2ccc(N3CCN(C(=O)CCCCCCC(=O)NC(C(=O)N4C[C@H](O)C[C@H]4C(=O)O)C(C)(C)C)CC3)cn2)cc1Nc1cccc(-c2ncn(C)n2)c1OC. The van der Waals surface area contributed by atoms with Crippen LogP contribution in [-0.2, 0) is 26.2 Å². The Labute approximate surface area is 377 Å². The Kier molecular flexibility index (Phi) is 15.5. The molecule has 1 unspecified atom stereocenters. The maximum atomic E-state index is 13.4. The summed E-state index contributed by atoms with van der Waals surface area (Å²) in [7, 11) is 4.83. The largest absolute Gasteiger partial charge is 0.494 e. The Morgan fingerprint density at radius 1 is 0.908 bits per heavy atom. The van der Waals surface area contributed by atoms with Crippen LogP contribution in [0.1, 0.15) is 76.2 Å². The number of amides is 4. The average molecular weight is 898 g/mol. The number of nitrogens with one attached hydrogen (secondary N) is 4. The van der Waals surface area contributed by atoms with Crippen LogP contribution in [0.25, 0.3) is 11.4 Å². The highest BCUT2D eigenvalue weighted by Gasteiger charge is 2.44. The van der Waals surface area contributed by atoms with Crippen LogP contribution in [0.2, 0.25) is 0 Å². The minimum Gasteiger partial charge on any atom is -0.494 e. The van der Waals surface area contributed by atoms with Gasteiger partial charge in [-0.15, -0.1) is 10.2 Å². The highest BCUT2D eigenvalue weighted by Crippen LogP contribution is 2.37. The summed E-state index contributed by atoms with van der Waals surface area (Å²) >= 11 is 0. The van der Waals surface area contributed by atoms with E-state index in [9.17, 15) is 34.2 Å². The van der Waals surface area contributed by atoms with Crippen molar-refractivity contribution in [1.82, 2.24) is 50.4 Å². The van der Waals surface area contributed by atoms with Crippen molar-refractivity contribution in [2.75, 3.05) is 62.4 Å². The maximum Gasteiger partial charge on any atom is 0.326 e. The zero-order valence-corrected chi connectivity index (χ0v) is 37.7. The van der Waals surface area contributed by atoms with E-state index >= 15 is 0 Å². The van der Waals surface area contributed by atoms with Gasteiger partial charge in [0.1, 0.15) is 24.2 Å². The number of pyridine rings is 1. The number of β-amino-alcohol motifs (C(OH)–C–C–N with tert-alkyl or cyclic N) is 1. The molecule has 0 spiro atoms. The number of para-hydroxylation sites is 1. The summed E-state index contributed by atoms with van der Waals surface area (Å²) in [5.41, 5.74) is 1.89. The fraction of sp³-hybridized carbons (Fsp3) is 0.500. The lowest BCUT2D eigenvalue weighted by Crippen LogP contribution is -2.56. The lowest BCUT2D eigenvalue weighted by atomic mass is 9.85. The van der Waals surface area contributed by atoms with Crippen LogP contribution in [0.4, 0.5) is 28.7 Å². The number of aromatic nitrogens is 6. The molecule has 1 aromatic carbocycles. The molecule has 0 radical (unpaired) electrons. The number of aliphatic hydroxyl groups excluding tert-OH is 1. The van der Waals surface area contributed by atoms with Gasteiger partial charge in [-0.2, -0.15) is 5.10 Å². The number of carboxylic acid groups (broad SMARTS) is 1. The molecule has 3 atom stereocenters. The van der Waals surface area contributed by atoms with E-state index in [2.05, 4.69) is 51.4 Å². The van der Waals surface area contributed by atoms with Crippen molar-refractivity contribution in [2.24, 2.45) is 12.5 Å². The van der Waals surface area contributed by atoms with E-state index in [4.69, 9.17) is 4.74 Å². The van der Waals surface area contributed by atoms with Gasteiger partial charge < -0.3 is 50.9 Å². The Bertz CT molecular complexity index is 2330. The molecule has 65 heavy (non-hydrogen) atoms. The number of anilines is 5. The normalized spacial score (nSPS) is 16.8. The topological polar surface area (TPSA) is 262 Å². The van der Waals surface area contributed by atoms with Crippen LogP contribution in [0, 0.1) is 5.41 Å². The predicted molar refractivity (Wildman–Crippen MR) is 241 cm³/mol. The van der Waals surface area contributed by atoms with E-state index in [1.807, 2.05) is 29.2 Å². The zero-order valence-electron chi connectivity index (χ0n) is 37.7. The van der Waals surface area contributed by atoms with Crippen molar-refractivity contribution in [2.45, 2.75) is 83.9 Å². The third-order valence-electron chi connectivity index (χ3n) is 11.4. The number of likely N-dealkylation sites (tertiary alicyclic amines) is 1. The minimum absolute atomic E-state index is 0.0446. The highest BCUT2D eigenvalue weighted by molar-refractivity contribution is 5.99. The van der Waals surface area contributed by atoms with Gasteiger partial charge in [0.05, 0.1) is 42.0 Å². The maximum absolute atomic E-state index is 13.4. The molecule has 0 saturated carbocycles. The van der Waals surface area contributed by atoms with Gasteiger partial charge in [0.15, 0.2) is 23.1 Å². The number of hydrogen-bond acceptors (Lipinski definition) is 15. The third-order valence-corrected chi connectivity index (χ3v) is 11.4. The van der Waals surface area contributed by atoms with Gasteiger partial charge in [-0.25, -0.2) is 14.8 Å². The predicted octanol–water partition coefficient (Wildman–Crippen LogP) is 3.09. The number of aryl methyl sites for hydroxylation is 1. The van der Waals surface area contributed by atoms with Crippen molar-refractivity contribution in [3.8, 4) is 17.1 Å². The molecule has 348 valence electrons. The molecule has 4 aromatic rings. The second kappa shape index (κ2) is 21.2. The Morgan fingerprint density at radius 2 is 1.65 bits per heavy atom. The van der Waals surface area contributed by atoms with Crippen LogP contribution in [0.3, 0.4) is 0 Å². The van der Waals surface area contributed by atoms with Crippen molar-refractivity contribution in [3.05, 3.63) is 54.6 Å². The third kappa shape index (κ3) is 12.0. The van der Waals surface area contributed by atoms with Gasteiger partial charge in [-0.05, 0) is 42.5 Å². The summed E-state index contributed by atoms with van der Waals surface area (Å²) < 4.78 is 7.34. The number of aliphatic carboxylic acids is 1. The van der Waals surface area contributed by atoms with Gasteiger partial charge in [0.2, 0.25) is 17.7 Å². The molecule has 2 aliphatic heterocycles. The fourth-order valence-corrected chi connectivity index (χ4v) is 7.88. The number of carbonyl (C=O) groups excluding carboxylic acids is 4. The number of aliphatic hydroxyl groups is 1. The summed E-state index contributed by atoms with van der Waals surface area (Å²) in [6.45, 7) is 7.75. The van der Waals surface area contributed by atoms with Gasteiger partial charge >= 0.3 is 5.97 Å². The Hall–Kier alpha value is -6.90. The van der Waals surface area contributed by atoms with Gasteiger partial charge in [0.25, 0.3) is 5.91 Å². The summed E-state index contributed by atoms with van der Waals surface area (Å²) in [4.78, 5) is 77.9. The van der Waals surface area contributed by atoms with E-state index < -0.39 is 41.4 Å². The number of carboxylic acids is 1. The number of unbranched alkanes of at least 4 members (excludes halogenated alkanes) is 3. The van der Waals surface area contributed by atoms with E-state index in [1.165, 1.54) is 7.05 Å². The first-order valence-electron chi connectivity index (χ1n) is 21.7. The standard InChI is InChI=1S/C44H59N13O8/c1-44(2,3)39(42(62)57-25-28(58)22-32(57)43(63)64)50-35(59)14-9-7-8-10-15-36(60)56-20-18-55(19-21-56)27-16-17-33(46-24-27)49-34-23-31(37(52-51-34)41(61)45-4)48-30-13-11-12-29(38(30)65-6)40-47-26-54(5)53-40/h11-13,16-17,23-24,26,28,32,39,58H,7-10,14-15,18-22,25H2,1-6H3,(H,45,61)(H,50,59)(H,63,64)(H2,46,48,49,51)/t28-,32+,39?/m1/s1. The first kappa shape index (κ1) is 47.6. The summed E-state index contributed by atoms with van der Waals surface area (Å²) in [5.74, 6) is -0.529. The van der Waals surface area contributed by atoms with Gasteiger partial charge in [-0.1, -0.05) is 39.7 Å². The lowest BCUT2D eigenvalue weighted by Gasteiger charge is -2.36. The van der Waals surface area contributed by atoms with Crippen molar-refractivity contribution >= 4 is 58.3 Å². The number of benzene rings is 1. The molecular weight excluding hydrogens is 839 g/mol. The highest BCUT2D eigenvalue weighted by atomic mass is 16.5. The van der Waals surface area contributed by atoms with E-state index in [-0.39, 0.29) is 36.9 Å². The molecule has 3 aromatic heterocycles. The minimum atomic E-state index is -1.18. The molecule has 0 bridgehead atoms. The molecule has 0 aliphatic carbocycles. The molecular formula is C44H59N13O8. The first-order chi connectivity index (χ1) is 31.1. The number of rotatable bonds is 18. The second-order valence-electron chi connectivity index (χ2n) is 17.2. The zero-order chi connectivity index (χ0) is 46.8. The molecule has 4 amide bonds. The monoisotopic (exact) mass is 897 g/mol. The van der Waals surface area contributed by atoms with Crippen LogP contribution in [0.15, 0.2) is 48.9 Å². The first-order valence-corrected chi connectivity index (χ1v) is 21.7. The molecule has 2 fully saturated rings. The molecule has 6 rings (SSSR count). The number of nitrogens with zero attached hydrogens (tertiary/aromatic N) is 9. The number of hydrogen-bond donors (Lipinski definition) is 6. The van der Waals surface area contributed by atoms with Crippen LogP contribution in [0.5, 0.6) is 5.75 Å². The van der Waals surface area contributed by atoms with Crippen LogP contribution < -0.4 is 30.9 Å². The summed E-state index contributed by atoms with van der Waals surface area (Å²) in [5, 5.41) is 44.2. The molecule has 2 aliphatic rings. The van der Waals surface area contributed by atoms with Crippen molar-refractivity contribution < 1.29 is 38.9 Å². The molecule has 5 heterocycles. The Balaban J connectivity index is 0.941. The van der Waals surface area contributed by atoms with Gasteiger partial charge in [-0.3, -0.25) is 23.9 Å². The molecule has 2 saturated heterocycles. The fourth-order valence-electron chi connectivity index (χ4n) is 7.88. The van der Waals surface area contributed by atoms with Gasteiger partial charge in [0, 0.05) is 72.1 Å².